The Hall–Kier alpha value is -0.770. The van der Waals surface area contributed by atoms with E-state index in [1.54, 1.807) is 0 Å². The van der Waals surface area contributed by atoms with Gasteiger partial charge in [0.2, 0.25) is 1.43 Å². The average molecular weight is 363 g/mol. The molecule has 0 saturated carbocycles. The van der Waals surface area contributed by atoms with Crippen molar-refractivity contribution in [1.29, 1.82) is 1.43 Å². The second-order valence-electron chi connectivity index (χ2n) is 4.82. The lowest BCUT2D eigenvalue weighted by Crippen LogP contribution is -2.46. The molecule has 0 aromatic heterocycles. The third kappa shape index (κ3) is 8.91. The van der Waals surface area contributed by atoms with Gasteiger partial charge in [0.05, 0.1) is 19.8 Å². The van der Waals surface area contributed by atoms with Crippen LogP contribution in [0.3, 0.4) is 0 Å². The summed E-state index contributed by atoms with van der Waals surface area (Å²) in [6.07, 6.45) is -13.2. The van der Waals surface area contributed by atoms with Crippen LogP contribution in [0.15, 0.2) is 0 Å². The molecule has 0 saturated heterocycles. The second-order valence-corrected chi connectivity index (χ2v) is 4.82. The van der Waals surface area contributed by atoms with E-state index in [2.05, 4.69) is 5.11 Å². The van der Waals surface area contributed by atoms with Crippen LogP contribution in [0.25, 0.3) is 0 Å². The first-order valence-corrected chi connectivity index (χ1v) is 6.78. The Morgan fingerprint density at radius 3 is 1.29 bits per heavy atom. The van der Waals surface area contributed by atoms with E-state index < -0.39 is 68.7 Å². The predicted molar refractivity (Wildman–Crippen MR) is 75.4 cm³/mol. The molecule has 24 heavy (non-hydrogen) atoms. The molecule has 0 heterocycles. The van der Waals surface area contributed by atoms with Crippen LogP contribution in [-0.2, 0) is 4.79 Å². The smallest absolute Gasteiger partial charge is 0.210 e. The fourth-order valence-electron chi connectivity index (χ4n) is 1.28. The minimum absolute atomic E-state index is 0.0258. The van der Waals surface area contributed by atoms with E-state index >= 15 is 0 Å². The molecule has 0 amide bonds. The summed E-state index contributed by atoms with van der Waals surface area (Å²) in [4.78, 5) is 9.90. The van der Waals surface area contributed by atoms with Gasteiger partial charge in [-0.25, -0.2) is 0 Å². The zero-order chi connectivity index (χ0) is 20.2. The van der Waals surface area contributed by atoms with Crippen molar-refractivity contribution in [1.82, 2.24) is 0 Å². The van der Waals surface area contributed by atoms with Crippen LogP contribution in [0.4, 0.5) is 0 Å². The lowest BCUT2D eigenvalue weighted by Gasteiger charge is -2.24. The molecule has 146 valence electrons. The van der Waals surface area contributed by atoms with Crippen LogP contribution >= 0.6 is 0 Å². The van der Waals surface area contributed by atoms with Gasteiger partial charge in [0.15, 0.2) is 6.29 Å². The molecule has 0 aromatic rings. The van der Waals surface area contributed by atoms with Crippen LogP contribution < -0.4 is 0 Å². The van der Waals surface area contributed by atoms with E-state index in [0.29, 0.717) is 0 Å². The number of hydrogen-bond acceptors (Lipinski definition) is 12. The minimum atomic E-state index is -1.79. The number of aliphatic hydroxyl groups excluding tert-OH is 11. The molecule has 0 rings (SSSR count). The third-order valence-corrected chi connectivity index (χ3v) is 2.92. The summed E-state index contributed by atoms with van der Waals surface area (Å²) in [6.45, 7) is -1.98. The monoisotopic (exact) mass is 363 g/mol. The van der Waals surface area contributed by atoms with Gasteiger partial charge in [-0.2, -0.15) is 0 Å². The van der Waals surface area contributed by atoms with Crippen molar-refractivity contribution in [2.45, 2.75) is 48.8 Å². The van der Waals surface area contributed by atoms with Gasteiger partial charge in [0.25, 0.3) is 0 Å². The van der Waals surface area contributed by atoms with Crippen molar-refractivity contribution in [2.75, 3.05) is 19.8 Å². The Morgan fingerprint density at radius 1 is 0.667 bits per heavy atom. The Kier molecular flexibility index (Phi) is 13.1. The molecule has 0 fully saturated rings. The SMILES string of the molecule is O=C[C@@H](O)[C@@H](O)[C@H](O)[C@H](O)CO.[2H]OC[C@@H](O)[C@@H](O)[C@H](O)[C@H](O)CO. The average Bonchev–Trinajstić information content (AvgIpc) is 2.63. The maximum atomic E-state index is 9.90. The summed E-state index contributed by atoms with van der Waals surface area (Å²) in [6, 6.07) is 0. The summed E-state index contributed by atoms with van der Waals surface area (Å²) < 4.78 is 6.25. The molecule has 0 aliphatic carbocycles. The molecule has 0 unspecified atom stereocenters. The summed E-state index contributed by atoms with van der Waals surface area (Å²) in [5.74, 6) is 0. The van der Waals surface area contributed by atoms with Gasteiger partial charge in [-0.3, -0.25) is 0 Å². The van der Waals surface area contributed by atoms with Gasteiger partial charge in [0.1, 0.15) is 48.8 Å². The first-order valence-electron chi connectivity index (χ1n) is 7.19. The fraction of sp³-hybridized carbons (Fsp3) is 0.917. The number of carbonyl (C=O) groups is 1. The number of rotatable bonds is 11. The Labute approximate surface area is 138 Å². The fourth-order valence-corrected chi connectivity index (χ4v) is 1.28. The van der Waals surface area contributed by atoms with Gasteiger partial charge in [-0.05, 0) is 0 Å². The van der Waals surface area contributed by atoms with Crippen LogP contribution in [0.5, 0.6) is 0 Å². The van der Waals surface area contributed by atoms with Gasteiger partial charge in [-0.15, -0.1) is 0 Å². The normalized spacial score (nSPS) is 21.8. The van der Waals surface area contributed by atoms with E-state index in [9.17, 15) is 4.79 Å². The van der Waals surface area contributed by atoms with E-state index in [4.69, 9.17) is 52.5 Å². The molecule has 0 aromatic carbocycles. The molecule has 11 N–H and O–H groups in total. The van der Waals surface area contributed by atoms with Crippen molar-refractivity contribution in [3.05, 3.63) is 0 Å². The van der Waals surface area contributed by atoms with Crippen LogP contribution in [-0.4, -0.2) is 133 Å². The highest BCUT2D eigenvalue weighted by atomic mass is 16.4. The standard InChI is InChI=1S/C6H14O6.C6H12O6/c2*7-1-3(9)5(11)6(12)4(10)2-8/h3-12H,1-2H2;1,3-6,8-12H,2H2/t2*3-,4-,5-,6-/m11/s1/i7D;. The molecule has 8 atom stereocenters. The van der Waals surface area contributed by atoms with Crippen molar-refractivity contribution < 1.29 is 61.0 Å². The molecule has 0 aliphatic rings. The van der Waals surface area contributed by atoms with E-state index in [1.165, 1.54) is 0 Å². The minimum Gasteiger partial charge on any atom is -0.394 e. The summed E-state index contributed by atoms with van der Waals surface area (Å²) in [5, 5.41) is 91.7. The zero-order valence-electron chi connectivity index (χ0n) is 13.6. The first kappa shape index (κ1) is 23.2. The lowest BCUT2D eigenvalue weighted by molar-refractivity contribution is -0.136. The van der Waals surface area contributed by atoms with Crippen molar-refractivity contribution in [3.8, 4) is 0 Å². The number of hydrogen-bond donors (Lipinski definition) is 11. The summed E-state index contributed by atoms with van der Waals surface area (Å²) >= 11 is 0. The summed E-state index contributed by atoms with van der Waals surface area (Å²) in [7, 11) is 0. The predicted octanol–water partition coefficient (Wildman–Crippen LogP) is -6.96. The lowest BCUT2D eigenvalue weighted by atomic mass is 10.0. The molecule has 12 nitrogen and oxygen atoms in total. The maximum Gasteiger partial charge on any atom is 0.210 e. The van der Waals surface area contributed by atoms with E-state index in [1.807, 2.05) is 0 Å². The Balaban J connectivity index is 0. The number of aliphatic hydroxyl groups is 11. The van der Waals surface area contributed by atoms with Crippen molar-refractivity contribution in [3.63, 3.8) is 0 Å². The largest absolute Gasteiger partial charge is 0.394 e. The first-order chi connectivity index (χ1) is 11.6. The van der Waals surface area contributed by atoms with Gasteiger partial charge < -0.3 is 61.0 Å². The molecule has 12 heteroatoms. The highest BCUT2D eigenvalue weighted by Gasteiger charge is 2.30. The van der Waals surface area contributed by atoms with Crippen LogP contribution in [0, 0.1) is 0 Å². The number of carbonyl (C=O) groups excluding carboxylic acids is 1. The number of aldehydes is 1. The van der Waals surface area contributed by atoms with Crippen molar-refractivity contribution in [2.24, 2.45) is 0 Å². The quantitative estimate of drug-likeness (QED) is 0.153. The van der Waals surface area contributed by atoms with Gasteiger partial charge >= 0.3 is 0 Å². The van der Waals surface area contributed by atoms with Gasteiger partial charge in [-0.1, -0.05) is 0 Å². The van der Waals surface area contributed by atoms with Crippen molar-refractivity contribution >= 4 is 6.29 Å². The van der Waals surface area contributed by atoms with E-state index in [0.717, 1.165) is 0 Å². The topological polar surface area (TPSA) is 240 Å². The third-order valence-electron chi connectivity index (χ3n) is 2.92. The molecular formula is C12H26O12. The molecule has 0 radical (unpaired) electrons. The summed E-state index contributed by atoms with van der Waals surface area (Å²) in [5.41, 5.74) is 0. The highest BCUT2D eigenvalue weighted by Crippen LogP contribution is 2.04. The zero-order valence-corrected chi connectivity index (χ0v) is 12.6. The van der Waals surface area contributed by atoms with Gasteiger partial charge in [0, 0.05) is 0 Å². The maximum absolute atomic E-state index is 9.90. The van der Waals surface area contributed by atoms with E-state index in [-0.39, 0.29) is 6.29 Å². The molecule has 0 spiro atoms. The molecule has 0 aliphatic heterocycles. The Bertz CT molecular complexity index is 335. The Morgan fingerprint density at radius 2 is 1.00 bits per heavy atom. The highest BCUT2D eigenvalue weighted by molar-refractivity contribution is 5.56. The molecule has 0 bridgehead atoms. The second kappa shape index (κ2) is 13.5. The van der Waals surface area contributed by atoms with Crippen LogP contribution in [0.1, 0.15) is 0 Å². The molecular weight excluding hydrogens is 336 g/mol. The van der Waals surface area contributed by atoms with Crippen LogP contribution in [0.2, 0.25) is 0 Å².